The Morgan fingerprint density at radius 2 is 2.11 bits per heavy atom. The second-order valence-electron chi connectivity index (χ2n) is 4.46. The fourth-order valence-electron chi connectivity index (χ4n) is 1.65. The number of carbonyl (C=O) groups is 1. The van der Waals surface area contributed by atoms with Crippen LogP contribution in [0.5, 0.6) is 0 Å². The summed E-state index contributed by atoms with van der Waals surface area (Å²) in [6.45, 7) is 4.42. The minimum atomic E-state index is -0.498. The van der Waals surface area contributed by atoms with E-state index in [9.17, 15) is 4.79 Å². The van der Waals surface area contributed by atoms with Gasteiger partial charge in [0.05, 0.1) is 12.7 Å². The molecule has 5 heteroatoms. The Labute approximate surface area is 111 Å². The summed E-state index contributed by atoms with van der Waals surface area (Å²) in [6, 6.07) is 6.82. The van der Waals surface area contributed by atoms with E-state index in [4.69, 9.17) is 19.6 Å². The van der Waals surface area contributed by atoms with Crippen LogP contribution in [0.25, 0.3) is 11.0 Å². The van der Waals surface area contributed by atoms with Gasteiger partial charge in [0, 0.05) is 11.1 Å². The van der Waals surface area contributed by atoms with Crippen molar-refractivity contribution in [2.45, 2.75) is 20.0 Å². The molecule has 0 aliphatic heterocycles. The van der Waals surface area contributed by atoms with E-state index < -0.39 is 5.97 Å². The third-order valence-corrected chi connectivity index (χ3v) is 2.51. The van der Waals surface area contributed by atoms with Gasteiger partial charge in [-0.1, -0.05) is 0 Å². The molecular formula is C14H17NO4. The van der Waals surface area contributed by atoms with Crippen LogP contribution in [0.1, 0.15) is 24.4 Å². The molecule has 2 aromatic rings. The van der Waals surface area contributed by atoms with Crippen LogP contribution >= 0.6 is 0 Å². The van der Waals surface area contributed by atoms with Gasteiger partial charge < -0.3 is 19.6 Å². The highest BCUT2D eigenvalue weighted by Crippen LogP contribution is 2.22. The zero-order chi connectivity index (χ0) is 13.8. The molecule has 1 aromatic carbocycles. The predicted octanol–water partition coefficient (Wildman–Crippen LogP) is 2.60. The van der Waals surface area contributed by atoms with E-state index in [1.165, 1.54) is 0 Å². The summed E-state index contributed by atoms with van der Waals surface area (Å²) in [4.78, 5) is 11.7. The third kappa shape index (κ3) is 3.48. The van der Waals surface area contributed by atoms with Gasteiger partial charge in [0.2, 0.25) is 5.76 Å². The number of nitrogen functional groups attached to an aromatic ring is 1. The third-order valence-electron chi connectivity index (χ3n) is 2.51. The van der Waals surface area contributed by atoms with E-state index in [0.29, 0.717) is 17.9 Å². The number of furan rings is 1. The molecular weight excluding hydrogens is 246 g/mol. The molecule has 0 saturated heterocycles. The van der Waals surface area contributed by atoms with Gasteiger partial charge in [-0.2, -0.15) is 0 Å². The molecule has 2 rings (SSSR count). The van der Waals surface area contributed by atoms with Crippen LogP contribution in [0.2, 0.25) is 0 Å². The number of benzene rings is 1. The highest BCUT2D eigenvalue weighted by Gasteiger charge is 2.13. The molecule has 0 fully saturated rings. The van der Waals surface area contributed by atoms with Gasteiger partial charge in [-0.25, -0.2) is 4.79 Å². The molecule has 102 valence electrons. The number of nitrogens with two attached hydrogens (primary N) is 1. The molecule has 5 nitrogen and oxygen atoms in total. The first-order chi connectivity index (χ1) is 9.06. The Hall–Kier alpha value is -2.01. The van der Waals surface area contributed by atoms with E-state index in [1.807, 2.05) is 13.8 Å². The minimum absolute atomic E-state index is 0.118. The monoisotopic (exact) mass is 263 g/mol. The Morgan fingerprint density at radius 1 is 1.32 bits per heavy atom. The summed E-state index contributed by atoms with van der Waals surface area (Å²) in [7, 11) is 0. The molecule has 0 aliphatic rings. The SMILES string of the molecule is CC(C)OCCOC(=O)c1cc2cc(N)ccc2o1. The van der Waals surface area contributed by atoms with E-state index in [0.717, 1.165) is 5.39 Å². The molecule has 0 aliphatic carbocycles. The van der Waals surface area contributed by atoms with E-state index in [-0.39, 0.29) is 18.5 Å². The Morgan fingerprint density at radius 3 is 2.84 bits per heavy atom. The van der Waals surface area contributed by atoms with Gasteiger partial charge in [0.25, 0.3) is 0 Å². The fourth-order valence-corrected chi connectivity index (χ4v) is 1.65. The number of rotatable bonds is 5. The average molecular weight is 263 g/mol. The molecule has 0 atom stereocenters. The molecule has 0 unspecified atom stereocenters. The lowest BCUT2D eigenvalue weighted by molar-refractivity contribution is 0.0156. The topological polar surface area (TPSA) is 74.7 Å². The summed E-state index contributed by atoms with van der Waals surface area (Å²) in [6.07, 6.45) is 0.118. The van der Waals surface area contributed by atoms with Crippen LogP contribution in [0.3, 0.4) is 0 Å². The standard InChI is InChI=1S/C14H17NO4/c1-9(2)17-5-6-18-14(16)13-8-10-7-11(15)3-4-12(10)19-13/h3-4,7-9H,5-6,15H2,1-2H3. The Kier molecular flexibility index (Phi) is 4.06. The van der Waals surface area contributed by atoms with Crippen LogP contribution in [0.4, 0.5) is 5.69 Å². The van der Waals surface area contributed by atoms with Crippen LogP contribution < -0.4 is 5.73 Å². The molecule has 0 amide bonds. The van der Waals surface area contributed by atoms with Gasteiger partial charge in [-0.15, -0.1) is 0 Å². The number of hydrogen-bond acceptors (Lipinski definition) is 5. The summed E-state index contributed by atoms with van der Waals surface area (Å²) in [5.74, 6) is -0.327. The maximum atomic E-state index is 11.7. The van der Waals surface area contributed by atoms with Gasteiger partial charge >= 0.3 is 5.97 Å². The van der Waals surface area contributed by atoms with E-state index >= 15 is 0 Å². The first-order valence-corrected chi connectivity index (χ1v) is 6.14. The minimum Gasteiger partial charge on any atom is -0.457 e. The zero-order valence-electron chi connectivity index (χ0n) is 11.0. The number of ether oxygens (including phenoxy) is 2. The van der Waals surface area contributed by atoms with Crippen molar-refractivity contribution in [2.75, 3.05) is 18.9 Å². The molecule has 0 spiro atoms. The Balaban J connectivity index is 1.97. The maximum absolute atomic E-state index is 11.7. The van der Waals surface area contributed by atoms with Crippen LogP contribution in [-0.4, -0.2) is 25.3 Å². The summed E-state index contributed by atoms with van der Waals surface area (Å²) in [5, 5.41) is 0.783. The normalized spacial score (nSPS) is 11.1. The van der Waals surface area contributed by atoms with Gasteiger partial charge in [-0.3, -0.25) is 0 Å². The second-order valence-corrected chi connectivity index (χ2v) is 4.46. The molecule has 19 heavy (non-hydrogen) atoms. The number of hydrogen-bond donors (Lipinski definition) is 1. The van der Waals surface area contributed by atoms with Crippen molar-refractivity contribution in [3.8, 4) is 0 Å². The number of anilines is 1. The van der Waals surface area contributed by atoms with Crippen LogP contribution in [-0.2, 0) is 9.47 Å². The lowest BCUT2D eigenvalue weighted by atomic mass is 10.2. The largest absolute Gasteiger partial charge is 0.457 e. The van der Waals surface area contributed by atoms with Gasteiger partial charge in [-0.05, 0) is 38.1 Å². The van der Waals surface area contributed by atoms with E-state index in [1.54, 1.807) is 24.3 Å². The van der Waals surface area contributed by atoms with Crippen molar-refractivity contribution in [1.29, 1.82) is 0 Å². The van der Waals surface area contributed by atoms with Gasteiger partial charge in [0.15, 0.2) is 0 Å². The number of carbonyl (C=O) groups excluding carboxylic acids is 1. The summed E-state index contributed by atoms with van der Waals surface area (Å²) < 4.78 is 15.7. The lowest BCUT2D eigenvalue weighted by Crippen LogP contribution is -2.13. The Bertz CT molecular complexity index is 574. The molecule has 1 heterocycles. The highest BCUT2D eigenvalue weighted by molar-refractivity contribution is 5.93. The van der Waals surface area contributed by atoms with Crippen molar-refractivity contribution in [1.82, 2.24) is 0 Å². The number of esters is 1. The van der Waals surface area contributed by atoms with Crippen molar-refractivity contribution < 1.29 is 18.7 Å². The average Bonchev–Trinajstić information content (AvgIpc) is 2.77. The van der Waals surface area contributed by atoms with Crippen molar-refractivity contribution in [3.05, 3.63) is 30.0 Å². The van der Waals surface area contributed by atoms with Gasteiger partial charge in [0.1, 0.15) is 12.2 Å². The summed E-state index contributed by atoms with van der Waals surface area (Å²) >= 11 is 0. The molecule has 1 aromatic heterocycles. The first kappa shape index (κ1) is 13.4. The predicted molar refractivity (Wildman–Crippen MR) is 72.0 cm³/mol. The first-order valence-electron chi connectivity index (χ1n) is 6.14. The molecule has 0 bridgehead atoms. The smallest absolute Gasteiger partial charge is 0.374 e. The highest BCUT2D eigenvalue weighted by atomic mass is 16.6. The number of fused-ring (bicyclic) bond motifs is 1. The molecule has 0 saturated carbocycles. The maximum Gasteiger partial charge on any atom is 0.374 e. The summed E-state index contributed by atoms with van der Waals surface area (Å²) in [5.41, 5.74) is 6.90. The van der Waals surface area contributed by atoms with Crippen LogP contribution in [0.15, 0.2) is 28.7 Å². The quantitative estimate of drug-likeness (QED) is 0.510. The zero-order valence-corrected chi connectivity index (χ0v) is 11.0. The van der Waals surface area contributed by atoms with E-state index in [2.05, 4.69) is 0 Å². The van der Waals surface area contributed by atoms with Crippen molar-refractivity contribution in [2.24, 2.45) is 0 Å². The van der Waals surface area contributed by atoms with Crippen LogP contribution in [0, 0.1) is 0 Å². The van der Waals surface area contributed by atoms with Crippen molar-refractivity contribution >= 4 is 22.6 Å². The molecule has 2 N–H and O–H groups in total. The second kappa shape index (κ2) is 5.75. The fraction of sp³-hybridized carbons (Fsp3) is 0.357. The lowest BCUT2D eigenvalue weighted by Gasteiger charge is -2.07. The molecule has 0 radical (unpaired) electrons. The van der Waals surface area contributed by atoms with Crippen molar-refractivity contribution in [3.63, 3.8) is 0 Å².